The maximum Gasteiger partial charge on any atom is 0.122 e. The van der Waals surface area contributed by atoms with E-state index in [4.69, 9.17) is 15.2 Å². The Labute approximate surface area is 117 Å². The number of hydrogen-bond acceptors (Lipinski definition) is 3. The molecule has 0 saturated carbocycles. The van der Waals surface area contributed by atoms with Crippen LogP contribution in [0.25, 0.3) is 0 Å². The van der Waals surface area contributed by atoms with Gasteiger partial charge in [0.2, 0.25) is 0 Å². The van der Waals surface area contributed by atoms with Crippen molar-refractivity contribution < 1.29 is 9.47 Å². The third-order valence-corrected chi connectivity index (χ3v) is 3.35. The van der Waals surface area contributed by atoms with Crippen LogP contribution in [0.4, 0.5) is 0 Å². The molecule has 1 aromatic rings. The Kier molecular flexibility index (Phi) is 6.32. The number of hydrogen-bond donors (Lipinski definition) is 1. The van der Waals surface area contributed by atoms with Crippen molar-refractivity contribution in [3.8, 4) is 5.75 Å². The minimum atomic E-state index is 0.145. The van der Waals surface area contributed by atoms with E-state index in [0.717, 1.165) is 18.6 Å². The van der Waals surface area contributed by atoms with Crippen LogP contribution in [0.15, 0.2) is 24.3 Å². The Morgan fingerprint density at radius 1 is 1.16 bits per heavy atom. The molecule has 0 aliphatic rings. The van der Waals surface area contributed by atoms with Gasteiger partial charge in [0.05, 0.1) is 6.61 Å². The molecule has 0 aromatic heterocycles. The standard InChI is InChI=1S/C16H27NO2/c1-16(2,3)15(17)10-9-13-7-5-6-8-14(13)19-12-11-18-4/h5-8,15H,9-12,17H2,1-4H3. The lowest BCUT2D eigenvalue weighted by molar-refractivity contribution is 0.145. The van der Waals surface area contributed by atoms with Gasteiger partial charge in [-0.1, -0.05) is 39.0 Å². The highest BCUT2D eigenvalue weighted by molar-refractivity contribution is 5.33. The molecular formula is C16H27NO2. The second-order valence-electron chi connectivity index (χ2n) is 5.96. The molecule has 1 unspecified atom stereocenters. The molecule has 108 valence electrons. The lowest BCUT2D eigenvalue weighted by Gasteiger charge is -2.27. The highest BCUT2D eigenvalue weighted by Gasteiger charge is 2.20. The number of para-hydroxylation sites is 1. The molecule has 0 spiro atoms. The fourth-order valence-electron chi connectivity index (χ4n) is 1.83. The number of nitrogens with two attached hydrogens (primary N) is 1. The summed E-state index contributed by atoms with van der Waals surface area (Å²) < 4.78 is 10.7. The van der Waals surface area contributed by atoms with Crippen LogP contribution in [0.3, 0.4) is 0 Å². The number of benzene rings is 1. The van der Waals surface area contributed by atoms with Crippen molar-refractivity contribution >= 4 is 0 Å². The second-order valence-corrected chi connectivity index (χ2v) is 5.96. The third kappa shape index (κ3) is 5.62. The minimum Gasteiger partial charge on any atom is -0.491 e. The van der Waals surface area contributed by atoms with Crippen LogP contribution in [0, 0.1) is 5.41 Å². The first-order chi connectivity index (χ1) is 8.95. The van der Waals surface area contributed by atoms with Crippen LogP contribution < -0.4 is 10.5 Å². The molecule has 0 heterocycles. The Balaban J connectivity index is 2.57. The number of aryl methyl sites for hydroxylation is 1. The molecule has 3 nitrogen and oxygen atoms in total. The van der Waals surface area contributed by atoms with Crippen LogP contribution in [0.2, 0.25) is 0 Å². The summed E-state index contributed by atoms with van der Waals surface area (Å²) in [5.74, 6) is 0.945. The largest absolute Gasteiger partial charge is 0.491 e. The summed E-state index contributed by atoms with van der Waals surface area (Å²) in [5.41, 5.74) is 7.57. The van der Waals surface area contributed by atoms with Crippen LogP contribution >= 0.6 is 0 Å². The molecule has 1 rings (SSSR count). The average molecular weight is 265 g/mol. The van der Waals surface area contributed by atoms with Gasteiger partial charge < -0.3 is 15.2 Å². The third-order valence-electron chi connectivity index (χ3n) is 3.35. The quantitative estimate of drug-likeness (QED) is 0.771. The first-order valence-electron chi connectivity index (χ1n) is 6.90. The molecule has 0 aliphatic heterocycles. The summed E-state index contributed by atoms with van der Waals surface area (Å²) in [6, 6.07) is 8.35. The minimum absolute atomic E-state index is 0.145. The normalized spacial score (nSPS) is 13.3. The maximum absolute atomic E-state index is 6.21. The highest BCUT2D eigenvalue weighted by Crippen LogP contribution is 2.24. The number of rotatable bonds is 7. The van der Waals surface area contributed by atoms with Crippen molar-refractivity contribution in [1.29, 1.82) is 0 Å². The summed E-state index contributed by atoms with van der Waals surface area (Å²) in [6.07, 6.45) is 1.91. The monoisotopic (exact) mass is 265 g/mol. The fraction of sp³-hybridized carbons (Fsp3) is 0.625. The molecule has 3 heteroatoms. The van der Waals surface area contributed by atoms with Crippen molar-refractivity contribution in [2.75, 3.05) is 20.3 Å². The predicted octanol–water partition coefficient (Wildman–Crippen LogP) is 3.02. The van der Waals surface area contributed by atoms with Crippen molar-refractivity contribution in [2.24, 2.45) is 11.1 Å². The topological polar surface area (TPSA) is 44.5 Å². The van der Waals surface area contributed by atoms with E-state index in [1.807, 2.05) is 18.2 Å². The van der Waals surface area contributed by atoms with E-state index in [1.165, 1.54) is 5.56 Å². The number of ether oxygens (including phenoxy) is 2. The van der Waals surface area contributed by atoms with Gasteiger partial charge in [-0.2, -0.15) is 0 Å². The van der Waals surface area contributed by atoms with E-state index in [9.17, 15) is 0 Å². The van der Waals surface area contributed by atoms with E-state index in [0.29, 0.717) is 13.2 Å². The summed E-state index contributed by atoms with van der Waals surface area (Å²) in [5, 5.41) is 0. The van der Waals surface area contributed by atoms with Crippen molar-refractivity contribution in [3.05, 3.63) is 29.8 Å². The molecule has 1 aromatic carbocycles. The molecule has 2 N–H and O–H groups in total. The molecule has 0 saturated heterocycles. The van der Waals surface area contributed by atoms with Gasteiger partial charge in [-0.15, -0.1) is 0 Å². The summed E-state index contributed by atoms with van der Waals surface area (Å²) >= 11 is 0. The Hall–Kier alpha value is -1.06. The lowest BCUT2D eigenvalue weighted by Crippen LogP contribution is -2.35. The maximum atomic E-state index is 6.21. The average Bonchev–Trinajstić information content (AvgIpc) is 2.36. The van der Waals surface area contributed by atoms with Crippen molar-refractivity contribution in [3.63, 3.8) is 0 Å². The summed E-state index contributed by atoms with van der Waals surface area (Å²) in [7, 11) is 1.68. The first-order valence-corrected chi connectivity index (χ1v) is 6.90. The SMILES string of the molecule is COCCOc1ccccc1CCC(N)C(C)(C)C. The van der Waals surface area contributed by atoms with Gasteiger partial charge in [-0.3, -0.25) is 0 Å². The lowest BCUT2D eigenvalue weighted by atomic mass is 9.84. The molecule has 0 amide bonds. The zero-order valence-electron chi connectivity index (χ0n) is 12.6. The first kappa shape index (κ1) is 16.0. The second kappa shape index (κ2) is 7.51. The molecule has 19 heavy (non-hydrogen) atoms. The van der Waals surface area contributed by atoms with E-state index < -0.39 is 0 Å². The van der Waals surface area contributed by atoms with Gasteiger partial charge in [0.25, 0.3) is 0 Å². The van der Waals surface area contributed by atoms with Crippen molar-refractivity contribution in [2.45, 2.75) is 39.7 Å². The Morgan fingerprint density at radius 3 is 2.47 bits per heavy atom. The molecule has 0 bridgehead atoms. The van der Waals surface area contributed by atoms with Crippen LogP contribution in [-0.2, 0) is 11.2 Å². The zero-order valence-corrected chi connectivity index (χ0v) is 12.6. The Morgan fingerprint density at radius 2 is 1.84 bits per heavy atom. The molecule has 0 fully saturated rings. The van der Waals surface area contributed by atoms with Crippen LogP contribution in [0.1, 0.15) is 32.8 Å². The summed E-state index contributed by atoms with van der Waals surface area (Å²) in [4.78, 5) is 0. The van der Waals surface area contributed by atoms with E-state index in [-0.39, 0.29) is 11.5 Å². The van der Waals surface area contributed by atoms with Gasteiger partial charge in [0.15, 0.2) is 0 Å². The van der Waals surface area contributed by atoms with E-state index in [2.05, 4.69) is 26.8 Å². The van der Waals surface area contributed by atoms with E-state index in [1.54, 1.807) is 7.11 Å². The van der Waals surface area contributed by atoms with Gasteiger partial charge in [0.1, 0.15) is 12.4 Å². The highest BCUT2D eigenvalue weighted by atomic mass is 16.5. The number of methoxy groups -OCH3 is 1. The van der Waals surface area contributed by atoms with Gasteiger partial charge >= 0.3 is 0 Å². The Bertz CT molecular complexity index is 371. The van der Waals surface area contributed by atoms with Gasteiger partial charge in [-0.25, -0.2) is 0 Å². The predicted molar refractivity (Wildman–Crippen MR) is 79.6 cm³/mol. The smallest absolute Gasteiger partial charge is 0.122 e. The fourth-order valence-corrected chi connectivity index (χ4v) is 1.83. The van der Waals surface area contributed by atoms with Crippen LogP contribution in [0.5, 0.6) is 5.75 Å². The molecule has 0 radical (unpaired) electrons. The zero-order chi connectivity index (χ0) is 14.3. The van der Waals surface area contributed by atoms with Gasteiger partial charge in [0, 0.05) is 13.2 Å². The molecule has 0 aliphatic carbocycles. The van der Waals surface area contributed by atoms with E-state index >= 15 is 0 Å². The molecular weight excluding hydrogens is 238 g/mol. The summed E-state index contributed by atoms with van der Waals surface area (Å²) in [6.45, 7) is 7.73. The van der Waals surface area contributed by atoms with Gasteiger partial charge in [-0.05, 0) is 29.9 Å². The van der Waals surface area contributed by atoms with Crippen molar-refractivity contribution in [1.82, 2.24) is 0 Å². The van der Waals surface area contributed by atoms with Crippen LogP contribution in [-0.4, -0.2) is 26.4 Å². The molecule has 1 atom stereocenters.